The number of benzene rings is 3. The van der Waals surface area contributed by atoms with Crippen molar-refractivity contribution in [1.82, 2.24) is 20.2 Å². The van der Waals surface area contributed by atoms with Crippen LogP contribution in [0.4, 0.5) is 11.5 Å². The van der Waals surface area contributed by atoms with Crippen LogP contribution in [-0.4, -0.2) is 66.5 Å². The minimum atomic E-state index is -0.518. The zero-order valence-corrected chi connectivity index (χ0v) is 26.9. The molecule has 3 aromatic carbocycles. The number of amides is 1. The van der Waals surface area contributed by atoms with Crippen LogP contribution in [0.2, 0.25) is 0 Å². The first-order valence-electron chi connectivity index (χ1n) is 16.1. The lowest BCUT2D eigenvalue weighted by Crippen LogP contribution is -2.40. The van der Waals surface area contributed by atoms with Gasteiger partial charge < -0.3 is 24.8 Å². The second-order valence-corrected chi connectivity index (χ2v) is 12.1. The van der Waals surface area contributed by atoms with Crippen LogP contribution in [0.25, 0.3) is 0 Å². The first kappa shape index (κ1) is 34.4. The van der Waals surface area contributed by atoms with Gasteiger partial charge in [-0.05, 0) is 78.9 Å². The number of hydrogen-bond acceptors (Lipinski definition) is 9. The van der Waals surface area contributed by atoms with Gasteiger partial charge in [-0.2, -0.15) is 0 Å². The lowest BCUT2D eigenvalue weighted by molar-refractivity contribution is -0.131. The average Bonchev–Trinajstić information content (AvgIpc) is 3.55. The lowest BCUT2D eigenvalue weighted by atomic mass is 9.90. The molecule has 4 aromatic rings. The number of aromatic nitrogens is 2. The summed E-state index contributed by atoms with van der Waals surface area (Å²) in [7, 11) is 3.22. The fourth-order valence-corrected chi connectivity index (χ4v) is 6.39. The highest BCUT2D eigenvalue weighted by Gasteiger charge is 2.33. The van der Waals surface area contributed by atoms with Crippen LogP contribution in [0.1, 0.15) is 49.1 Å². The maximum atomic E-state index is 13.9. The molecule has 0 spiro atoms. The molecule has 6 rings (SSSR count). The molecule has 1 aromatic heterocycles. The number of nitrogens with one attached hydrogen (secondary N) is 2. The van der Waals surface area contributed by atoms with Gasteiger partial charge in [-0.15, -0.1) is 0 Å². The molecule has 2 aliphatic heterocycles. The van der Waals surface area contributed by atoms with Gasteiger partial charge in [0.1, 0.15) is 24.5 Å². The summed E-state index contributed by atoms with van der Waals surface area (Å²) < 4.78 is 16.9. The monoisotopic (exact) mass is 651 g/mol. The van der Waals surface area contributed by atoms with Crippen molar-refractivity contribution in [3.63, 3.8) is 0 Å². The molecule has 252 valence electrons. The number of Topliss-reactive ketones (excluding diaryl/α,β-unsaturated/α-hetero) is 1. The average molecular weight is 652 g/mol. The fourth-order valence-electron chi connectivity index (χ4n) is 6.39. The maximum Gasteiger partial charge on any atom is 0.224 e. The summed E-state index contributed by atoms with van der Waals surface area (Å²) >= 11 is 0. The number of hydrogen-bond donors (Lipinski definition) is 2. The van der Waals surface area contributed by atoms with Crippen molar-refractivity contribution in [3.05, 3.63) is 102 Å². The Morgan fingerprint density at radius 3 is 2.62 bits per heavy atom. The van der Waals surface area contributed by atoms with E-state index in [-0.39, 0.29) is 44.7 Å². The summed E-state index contributed by atoms with van der Waals surface area (Å²) in [5.41, 5.74) is 4.83. The van der Waals surface area contributed by atoms with E-state index in [2.05, 4.69) is 37.6 Å². The number of anilines is 2. The van der Waals surface area contributed by atoms with Gasteiger partial charge in [0, 0.05) is 37.1 Å². The Labute approximate surface area is 282 Å². The van der Waals surface area contributed by atoms with Gasteiger partial charge in [0.25, 0.3) is 0 Å². The second-order valence-electron chi connectivity index (χ2n) is 12.1. The number of nitrogens with zero attached hydrogens (tertiary/aromatic N) is 3. The number of carbonyl (C=O) groups excluding carboxylic acids is 2. The van der Waals surface area contributed by atoms with E-state index in [1.54, 1.807) is 20.5 Å². The third-order valence-corrected chi connectivity index (χ3v) is 8.78. The van der Waals surface area contributed by atoms with Crippen LogP contribution in [0, 0.1) is 5.92 Å². The SMILES string of the molecule is C.COc1ccc(C[C@@H]2CC(=O)[C@@H]3CCCN3Cc3cccc(c3)Nc3cc(ncn3)Cc3ccc(OC)c(c3)OCCNC2=O)cc1. The normalized spacial score (nSPS) is 18.8. The number of ketones is 1. The highest BCUT2D eigenvalue weighted by atomic mass is 16.5. The molecular formula is C38H45N5O5. The molecule has 1 fully saturated rings. The van der Waals surface area contributed by atoms with Crippen molar-refractivity contribution in [1.29, 1.82) is 0 Å². The first-order chi connectivity index (χ1) is 23.0. The lowest BCUT2D eigenvalue weighted by Gasteiger charge is -2.25. The van der Waals surface area contributed by atoms with Gasteiger partial charge >= 0.3 is 0 Å². The van der Waals surface area contributed by atoms with Crippen LogP contribution >= 0.6 is 0 Å². The Morgan fingerprint density at radius 1 is 0.958 bits per heavy atom. The molecule has 10 heteroatoms. The third-order valence-electron chi connectivity index (χ3n) is 8.78. The quantitative estimate of drug-likeness (QED) is 0.285. The minimum Gasteiger partial charge on any atom is -0.497 e. The fraction of sp³-hybridized carbons (Fsp3) is 0.368. The Hall–Kier alpha value is -4.96. The highest BCUT2D eigenvalue weighted by Crippen LogP contribution is 2.30. The minimum absolute atomic E-state index is 0. The van der Waals surface area contributed by atoms with Crippen LogP contribution in [-0.2, 0) is 29.0 Å². The largest absolute Gasteiger partial charge is 0.497 e. The summed E-state index contributed by atoms with van der Waals surface area (Å²) in [6.45, 7) is 2.00. The van der Waals surface area contributed by atoms with Crippen LogP contribution < -0.4 is 24.8 Å². The molecule has 2 atom stereocenters. The summed E-state index contributed by atoms with van der Waals surface area (Å²) in [4.78, 5) is 38.7. The maximum absolute atomic E-state index is 13.9. The Balaban J connectivity index is 0.00000451. The molecule has 0 saturated carbocycles. The predicted octanol–water partition coefficient (Wildman–Crippen LogP) is 5.76. The van der Waals surface area contributed by atoms with Crippen molar-refractivity contribution < 1.29 is 23.8 Å². The van der Waals surface area contributed by atoms with Crippen molar-refractivity contribution >= 4 is 23.2 Å². The van der Waals surface area contributed by atoms with Crippen LogP contribution in [0.3, 0.4) is 0 Å². The smallest absolute Gasteiger partial charge is 0.224 e. The molecule has 6 bridgehead atoms. The highest BCUT2D eigenvalue weighted by molar-refractivity contribution is 5.90. The Kier molecular flexibility index (Phi) is 11.6. The van der Waals surface area contributed by atoms with E-state index in [0.717, 1.165) is 53.2 Å². The molecule has 48 heavy (non-hydrogen) atoms. The van der Waals surface area contributed by atoms with Crippen LogP contribution in [0.5, 0.6) is 17.2 Å². The predicted molar refractivity (Wildman–Crippen MR) is 186 cm³/mol. The van der Waals surface area contributed by atoms with Gasteiger partial charge in [-0.3, -0.25) is 14.5 Å². The second kappa shape index (κ2) is 16.2. The van der Waals surface area contributed by atoms with Crippen molar-refractivity contribution in [2.24, 2.45) is 5.92 Å². The van der Waals surface area contributed by atoms with E-state index >= 15 is 0 Å². The molecule has 1 amide bonds. The molecule has 0 unspecified atom stereocenters. The van der Waals surface area contributed by atoms with Crippen molar-refractivity contribution in [3.8, 4) is 17.2 Å². The van der Waals surface area contributed by atoms with E-state index in [0.29, 0.717) is 36.7 Å². The van der Waals surface area contributed by atoms with E-state index in [1.807, 2.05) is 60.7 Å². The topological polar surface area (TPSA) is 115 Å². The van der Waals surface area contributed by atoms with Gasteiger partial charge in [0.2, 0.25) is 5.91 Å². The third kappa shape index (κ3) is 8.68. The molecule has 0 radical (unpaired) electrons. The van der Waals surface area contributed by atoms with Gasteiger partial charge in [-0.1, -0.05) is 37.8 Å². The van der Waals surface area contributed by atoms with Gasteiger partial charge in [-0.25, -0.2) is 9.97 Å². The molecule has 2 aliphatic rings. The van der Waals surface area contributed by atoms with Crippen LogP contribution in [0.15, 0.2) is 79.1 Å². The molecule has 3 heterocycles. The Morgan fingerprint density at radius 2 is 1.81 bits per heavy atom. The van der Waals surface area contributed by atoms with Crippen molar-refractivity contribution in [2.75, 3.05) is 39.2 Å². The summed E-state index contributed by atoms with van der Waals surface area (Å²) in [6, 6.07) is 23.4. The first-order valence-corrected chi connectivity index (χ1v) is 16.1. The van der Waals surface area contributed by atoms with E-state index in [1.165, 1.54) is 0 Å². The number of rotatable bonds is 4. The molecular weight excluding hydrogens is 606 g/mol. The number of carbonyl (C=O) groups is 2. The summed E-state index contributed by atoms with van der Waals surface area (Å²) in [5.74, 6) is 2.04. The number of methoxy groups -OCH3 is 2. The molecule has 2 N–H and O–H groups in total. The zero-order chi connectivity index (χ0) is 32.6. The van der Waals surface area contributed by atoms with Gasteiger partial charge in [0.05, 0.1) is 32.5 Å². The van der Waals surface area contributed by atoms with E-state index < -0.39 is 5.92 Å². The Bertz CT molecular complexity index is 1700. The molecule has 10 nitrogen and oxygen atoms in total. The number of fused-ring (bicyclic) bond motifs is 7. The summed E-state index contributed by atoms with van der Waals surface area (Å²) in [6.07, 6.45) is 4.47. The summed E-state index contributed by atoms with van der Waals surface area (Å²) in [5, 5.41) is 6.45. The van der Waals surface area contributed by atoms with E-state index in [4.69, 9.17) is 14.2 Å². The molecule has 0 aliphatic carbocycles. The number of ether oxygens (including phenoxy) is 3. The van der Waals surface area contributed by atoms with Crippen molar-refractivity contribution in [2.45, 2.75) is 52.1 Å². The standard InChI is InChI=1S/C37H41N5O5.CH4/c1-45-31-11-8-25(9-12-31)17-28-21-33(43)32-7-4-15-42(32)23-27-5-3-6-29(19-27)41-36-22-30(39-24-40-36)18-26-10-13-34(46-2)35(20-26)47-16-14-38-37(28)44;/h3,5-6,8-13,19-20,22,24,28,32H,4,7,14-18,21,23H2,1-2H3,(H,38,44)(H,39,40,41);1H4/t28-,32+;/m1./s1. The zero-order valence-electron chi connectivity index (χ0n) is 26.9. The van der Waals surface area contributed by atoms with E-state index in [9.17, 15) is 9.59 Å². The molecule has 1 saturated heterocycles. The van der Waals surface area contributed by atoms with Gasteiger partial charge in [0.15, 0.2) is 17.3 Å².